The maximum atomic E-state index is 13.7. The van der Waals surface area contributed by atoms with Gasteiger partial charge in [0.15, 0.2) is 5.82 Å². The Kier molecular flexibility index (Phi) is 4.34. The summed E-state index contributed by atoms with van der Waals surface area (Å²) >= 11 is 0. The van der Waals surface area contributed by atoms with Crippen molar-refractivity contribution < 1.29 is 9.18 Å². The van der Waals surface area contributed by atoms with Crippen LogP contribution in [-0.4, -0.2) is 55.1 Å². The summed E-state index contributed by atoms with van der Waals surface area (Å²) in [6, 6.07) is 1.70. The van der Waals surface area contributed by atoms with Gasteiger partial charge in [0.1, 0.15) is 0 Å². The minimum Gasteiger partial charge on any atom is -0.369 e. The maximum Gasteiger partial charge on any atom is 0.225 e. The summed E-state index contributed by atoms with van der Waals surface area (Å²) in [5, 5.41) is 3.26. The first kappa shape index (κ1) is 14.3. The van der Waals surface area contributed by atoms with Crippen molar-refractivity contribution in [3.05, 3.63) is 24.3 Å². The largest absolute Gasteiger partial charge is 0.369 e. The van der Waals surface area contributed by atoms with Crippen molar-refractivity contribution in [2.75, 3.05) is 44.2 Å². The second kappa shape index (κ2) is 6.39. The van der Waals surface area contributed by atoms with Crippen LogP contribution < -0.4 is 10.2 Å². The quantitative estimate of drug-likeness (QED) is 0.879. The zero-order valence-corrected chi connectivity index (χ0v) is 12.1. The van der Waals surface area contributed by atoms with Crippen LogP contribution in [0.1, 0.15) is 12.8 Å². The van der Waals surface area contributed by atoms with Gasteiger partial charge in [-0.25, -0.2) is 4.39 Å². The number of halogens is 1. The third-order valence-electron chi connectivity index (χ3n) is 4.36. The zero-order chi connectivity index (χ0) is 14.7. The zero-order valence-electron chi connectivity index (χ0n) is 12.1. The van der Waals surface area contributed by atoms with E-state index >= 15 is 0 Å². The molecular formula is C15H21FN4O. The molecule has 2 saturated heterocycles. The third-order valence-corrected chi connectivity index (χ3v) is 4.36. The molecule has 0 aromatic carbocycles. The summed E-state index contributed by atoms with van der Waals surface area (Å²) in [5.41, 5.74) is 0.595. The fraction of sp³-hybridized carbons (Fsp3) is 0.600. The van der Waals surface area contributed by atoms with E-state index in [1.54, 1.807) is 12.3 Å². The molecule has 0 spiro atoms. The van der Waals surface area contributed by atoms with Crippen LogP contribution in [0, 0.1) is 11.7 Å². The molecule has 0 radical (unpaired) electrons. The van der Waals surface area contributed by atoms with E-state index < -0.39 is 0 Å². The highest BCUT2D eigenvalue weighted by Gasteiger charge is 2.29. The molecular weight excluding hydrogens is 271 g/mol. The van der Waals surface area contributed by atoms with Gasteiger partial charge in [-0.05, 0) is 18.9 Å². The van der Waals surface area contributed by atoms with Crippen molar-refractivity contribution in [2.45, 2.75) is 12.8 Å². The Morgan fingerprint density at radius 1 is 1.24 bits per heavy atom. The second-order valence-electron chi connectivity index (χ2n) is 5.66. The second-order valence-corrected chi connectivity index (χ2v) is 5.66. The molecule has 2 aliphatic rings. The lowest BCUT2D eigenvalue weighted by molar-refractivity contribution is -0.136. The van der Waals surface area contributed by atoms with Crippen LogP contribution >= 0.6 is 0 Å². The molecule has 0 unspecified atom stereocenters. The Bertz CT molecular complexity index is 496. The predicted octanol–water partition coefficient (Wildman–Crippen LogP) is 0.869. The lowest BCUT2D eigenvalue weighted by atomic mass is 9.94. The standard InChI is InChI=1S/C15H21FN4O/c16-13-11-18-4-1-14(13)19-7-2-12(3-8-19)15(21)20-9-5-17-6-10-20/h1,4,11-12,17H,2-3,5-10H2. The molecule has 0 saturated carbocycles. The number of carbonyl (C=O) groups is 1. The van der Waals surface area contributed by atoms with Gasteiger partial charge in [-0.2, -0.15) is 0 Å². The number of carbonyl (C=O) groups excluding carboxylic acids is 1. The summed E-state index contributed by atoms with van der Waals surface area (Å²) < 4.78 is 13.7. The number of nitrogens with one attached hydrogen (secondary N) is 1. The predicted molar refractivity (Wildman–Crippen MR) is 78.6 cm³/mol. The number of hydrogen-bond acceptors (Lipinski definition) is 4. The molecule has 3 heterocycles. The first-order valence-corrected chi connectivity index (χ1v) is 7.59. The minimum absolute atomic E-state index is 0.0873. The molecule has 3 rings (SSSR count). The molecule has 1 N–H and O–H groups in total. The number of piperidine rings is 1. The van der Waals surface area contributed by atoms with E-state index in [9.17, 15) is 9.18 Å². The van der Waals surface area contributed by atoms with E-state index in [-0.39, 0.29) is 17.6 Å². The number of piperazine rings is 1. The van der Waals surface area contributed by atoms with Gasteiger partial charge in [0.2, 0.25) is 5.91 Å². The summed E-state index contributed by atoms with van der Waals surface area (Å²) in [6.07, 6.45) is 4.44. The summed E-state index contributed by atoms with van der Waals surface area (Å²) in [6.45, 7) is 4.82. The molecule has 5 nitrogen and oxygen atoms in total. The summed E-state index contributed by atoms with van der Waals surface area (Å²) in [5.74, 6) is 0.0694. The first-order valence-electron chi connectivity index (χ1n) is 7.59. The van der Waals surface area contributed by atoms with Crippen LogP contribution in [0.5, 0.6) is 0 Å². The number of amides is 1. The van der Waals surface area contributed by atoms with Crippen molar-refractivity contribution in [3.63, 3.8) is 0 Å². The molecule has 1 amide bonds. The normalized spacial score (nSPS) is 20.6. The number of hydrogen-bond donors (Lipinski definition) is 1. The van der Waals surface area contributed by atoms with Crippen LogP contribution in [0.2, 0.25) is 0 Å². The Morgan fingerprint density at radius 2 is 1.95 bits per heavy atom. The van der Waals surface area contributed by atoms with Crippen molar-refractivity contribution in [3.8, 4) is 0 Å². The lowest BCUT2D eigenvalue weighted by Crippen LogP contribution is -2.50. The molecule has 2 aliphatic heterocycles. The lowest BCUT2D eigenvalue weighted by Gasteiger charge is -2.36. The first-order chi connectivity index (χ1) is 10.3. The monoisotopic (exact) mass is 292 g/mol. The molecule has 1 aromatic rings. The highest BCUT2D eigenvalue weighted by Crippen LogP contribution is 2.26. The van der Waals surface area contributed by atoms with Crippen LogP contribution in [-0.2, 0) is 4.79 Å². The van der Waals surface area contributed by atoms with Gasteiger partial charge < -0.3 is 15.1 Å². The summed E-state index contributed by atoms with van der Waals surface area (Å²) in [4.78, 5) is 20.2. The highest BCUT2D eigenvalue weighted by molar-refractivity contribution is 5.79. The number of nitrogens with zero attached hydrogens (tertiary/aromatic N) is 3. The molecule has 21 heavy (non-hydrogen) atoms. The minimum atomic E-state index is -0.288. The van der Waals surface area contributed by atoms with E-state index in [4.69, 9.17) is 0 Å². The van der Waals surface area contributed by atoms with Gasteiger partial charge in [0.25, 0.3) is 0 Å². The van der Waals surface area contributed by atoms with E-state index in [0.29, 0.717) is 5.69 Å². The van der Waals surface area contributed by atoms with Gasteiger partial charge in [-0.15, -0.1) is 0 Å². The summed E-state index contributed by atoms with van der Waals surface area (Å²) in [7, 11) is 0. The van der Waals surface area contributed by atoms with E-state index in [0.717, 1.165) is 52.1 Å². The molecule has 2 fully saturated rings. The van der Waals surface area contributed by atoms with Gasteiger partial charge >= 0.3 is 0 Å². The molecule has 0 atom stereocenters. The Morgan fingerprint density at radius 3 is 2.62 bits per heavy atom. The smallest absolute Gasteiger partial charge is 0.225 e. The van der Waals surface area contributed by atoms with Gasteiger partial charge in [-0.1, -0.05) is 0 Å². The number of rotatable bonds is 2. The Labute approximate surface area is 124 Å². The van der Waals surface area contributed by atoms with Gasteiger partial charge in [0, 0.05) is 51.4 Å². The van der Waals surface area contributed by atoms with E-state index in [1.165, 1.54) is 6.20 Å². The van der Waals surface area contributed by atoms with Crippen molar-refractivity contribution >= 4 is 11.6 Å². The number of aromatic nitrogens is 1. The van der Waals surface area contributed by atoms with E-state index in [2.05, 4.69) is 10.3 Å². The van der Waals surface area contributed by atoms with Gasteiger partial charge in [0.05, 0.1) is 11.9 Å². The van der Waals surface area contributed by atoms with E-state index in [1.807, 2.05) is 9.80 Å². The molecule has 1 aromatic heterocycles. The molecule has 6 heteroatoms. The third kappa shape index (κ3) is 3.15. The molecule has 114 valence electrons. The average Bonchev–Trinajstić information content (AvgIpc) is 2.56. The molecule has 0 bridgehead atoms. The molecule has 0 aliphatic carbocycles. The van der Waals surface area contributed by atoms with Crippen LogP contribution in [0.25, 0.3) is 0 Å². The Hall–Kier alpha value is -1.69. The highest BCUT2D eigenvalue weighted by atomic mass is 19.1. The Balaban J connectivity index is 1.57. The number of pyridine rings is 1. The SMILES string of the molecule is O=C(C1CCN(c2ccncc2F)CC1)N1CCNCC1. The van der Waals surface area contributed by atoms with Gasteiger partial charge in [-0.3, -0.25) is 9.78 Å². The number of anilines is 1. The van der Waals surface area contributed by atoms with Crippen LogP contribution in [0.4, 0.5) is 10.1 Å². The van der Waals surface area contributed by atoms with Crippen LogP contribution in [0.15, 0.2) is 18.5 Å². The van der Waals surface area contributed by atoms with Crippen LogP contribution in [0.3, 0.4) is 0 Å². The van der Waals surface area contributed by atoms with Crippen molar-refractivity contribution in [2.24, 2.45) is 5.92 Å². The average molecular weight is 292 g/mol. The topological polar surface area (TPSA) is 48.5 Å². The fourth-order valence-electron chi connectivity index (χ4n) is 3.14. The maximum absolute atomic E-state index is 13.7. The van der Waals surface area contributed by atoms with Crippen molar-refractivity contribution in [1.82, 2.24) is 15.2 Å². The van der Waals surface area contributed by atoms with Crippen molar-refractivity contribution in [1.29, 1.82) is 0 Å². The fourth-order valence-corrected chi connectivity index (χ4v) is 3.14.